The van der Waals surface area contributed by atoms with Crippen LogP contribution in [0.4, 0.5) is 0 Å². The number of hydrogen-bond donors (Lipinski definition) is 1. The van der Waals surface area contributed by atoms with Gasteiger partial charge in [-0.25, -0.2) is 9.79 Å². The minimum absolute atomic E-state index is 0.0657. The van der Waals surface area contributed by atoms with Crippen molar-refractivity contribution in [1.82, 2.24) is 10.2 Å². The number of carbonyl (C=O) groups is 2. The van der Waals surface area contributed by atoms with Crippen molar-refractivity contribution < 1.29 is 28.5 Å². The summed E-state index contributed by atoms with van der Waals surface area (Å²) in [7, 11) is 4.52. The molecule has 35 heavy (non-hydrogen) atoms. The van der Waals surface area contributed by atoms with Crippen LogP contribution in [0.5, 0.6) is 11.5 Å². The number of hydrogen-bond acceptors (Lipinski definition) is 9. The summed E-state index contributed by atoms with van der Waals surface area (Å²) in [5, 5.41) is 5.61. The van der Waals surface area contributed by atoms with Gasteiger partial charge < -0.3 is 29.2 Å². The number of nitrogens with one attached hydrogen (secondary N) is 1. The Balaban J connectivity index is 1.69. The van der Waals surface area contributed by atoms with Crippen LogP contribution in [0.15, 0.2) is 45.6 Å². The van der Waals surface area contributed by atoms with Gasteiger partial charge in [-0.15, -0.1) is 0 Å². The lowest BCUT2D eigenvalue weighted by Gasteiger charge is -2.36. The molecular formula is C25H31N3O6S. The first-order valence-corrected chi connectivity index (χ1v) is 12.5. The maximum Gasteiger partial charge on any atom is 0.338 e. The standard InChI is InChI=1S/C25H31N3O6S/c1-5-20-22(24(30)33-4)23(15-9-18(31-2)12-19(10-15)32-3)28-16(14-35-25(28)27-20)11-21(29)26-13-17-7-6-8-34-17/h9-10,12,14,17,23H,5-8,11,13H2,1-4H3,(H,26,29)/t17-,23+/m0/s1. The van der Waals surface area contributed by atoms with Gasteiger partial charge in [-0.3, -0.25) is 4.79 Å². The summed E-state index contributed by atoms with van der Waals surface area (Å²) in [6.45, 7) is 3.18. The Labute approximate surface area is 209 Å². The van der Waals surface area contributed by atoms with Crippen LogP contribution in [0.25, 0.3) is 0 Å². The SMILES string of the molecule is CCC1=C(C(=O)OC)[C@@H](c2cc(OC)cc(OC)c2)N2C(CC(=O)NC[C@@H]3CCCO3)=CSC2=N1. The highest BCUT2D eigenvalue weighted by molar-refractivity contribution is 8.16. The van der Waals surface area contributed by atoms with Gasteiger partial charge in [0.1, 0.15) is 11.5 Å². The highest BCUT2D eigenvalue weighted by Crippen LogP contribution is 2.46. The molecule has 0 unspecified atom stereocenters. The normalized spacial score (nSPS) is 21.3. The van der Waals surface area contributed by atoms with Gasteiger partial charge in [-0.05, 0) is 42.4 Å². The predicted octanol–water partition coefficient (Wildman–Crippen LogP) is 3.53. The number of fused-ring (bicyclic) bond motifs is 1. The van der Waals surface area contributed by atoms with Gasteiger partial charge in [-0.2, -0.15) is 0 Å². The van der Waals surface area contributed by atoms with Crippen LogP contribution >= 0.6 is 11.8 Å². The highest BCUT2D eigenvalue weighted by Gasteiger charge is 2.42. The summed E-state index contributed by atoms with van der Waals surface area (Å²) in [5.41, 5.74) is 2.61. The summed E-state index contributed by atoms with van der Waals surface area (Å²) in [6.07, 6.45) is 2.73. The zero-order valence-electron chi connectivity index (χ0n) is 20.5. The van der Waals surface area contributed by atoms with Gasteiger partial charge in [0.05, 0.1) is 51.2 Å². The molecule has 0 spiro atoms. The number of allylic oxidation sites excluding steroid dienone is 1. The Kier molecular flexibility index (Phi) is 8.02. The van der Waals surface area contributed by atoms with Crippen molar-refractivity contribution in [3.05, 3.63) is 46.1 Å². The molecule has 0 aromatic heterocycles. The number of aliphatic imine (C=N–C) groups is 1. The number of ether oxygens (including phenoxy) is 4. The average molecular weight is 502 g/mol. The zero-order valence-corrected chi connectivity index (χ0v) is 21.3. The third-order valence-corrected chi connectivity index (χ3v) is 7.10. The van der Waals surface area contributed by atoms with E-state index < -0.39 is 12.0 Å². The molecule has 1 fully saturated rings. The summed E-state index contributed by atoms with van der Waals surface area (Å²) in [5.74, 6) is 0.616. The predicted molar refractivity (Wildman–Crippen MR) is 133 cm³/mol. The largest absolute Gasteiger partial charge is 0.497 e. The number of esters is 1. The van der Waals surface area contributed by atoms with Gasteiger partial charge in [0.2, 0.25) is 5.91 Å². The second kappa shape index (κ2) is 11.2. The molecule has 1 amide bonds. The van der Waals surface area contributed by atoms with E-state index in [1.807, 2.05) is 29.4 Å². The summed E-state index contributed by atoms with van der Waals surface area (Å²) < 4.78 is 21.8. The number of carbonyl (C=O) groups excluding carboxylic acids is 2. The van der Waals surface area contributed by atoms with E-state index in [0.717, 1.165) is 30.7 Å². The quantitative estimate of drug-likeness (QED) is 0.513. The molecule has 4 rings (SSSR count). The molecule has 1 aromatic rings. The maximum absolute atomic E-state index is 13.0. The topological polar surface area (TPSA) is 98.7 Å². The lowest BCUT2D eigenvalue weighted by molar-refractivity contribution is -0.136. The third-order valence-electron chi connectivity index (χ3n) is 6.21. The number of rotatable bonds is 9. The fourth-order valence-corrected chi connectivity index (χ4v) is 5.41. The fraction of sp³-hybridized carbons (Fsp3) is 0.480. The minimum Gasteiger partial charge on any atom is -0.497 e. The van der Waals surface area contributed by atoms with E-state index >= 15 is 0 Å². The zero-order chi connectivity index (χ0) is 24.9. The number of amidine groups is 1. The molecule has 0 aliphatic carbocycles. The lowest BCUT2D eigenvalue weighted by atomic mass is 9.92. The number of amides is 1. The monoisotopic (exact) mass is 501 g/mol. The van der Waals surface area contributed by atoms with E-state index in [-0.39, 0.29) is 18.4 Å². The van der Waals surface area contributed by atoms with Gasteiger partial charge in [0, 0.05) is 24.9 Å². The Hall–Kier alpha value is -2.98. The molecule has 1 saturated heterocycles. The summed E-state index contributed by atoms with van der Waals surface area (Å²) in [4.78, 5) is 32.6. The maximum atomic E-state index is 13.0. The van der Waals surface area contributed by atoms with Gasteiger partial charge in [0.15, 0.2) is 5.17 Å². The first kappa shape index (κ1) is 25.1. The molecule has 10 heteroatoms. The summed E-state index contributed by atoms with van der Waals surface area (Å²) in [6, 6.07) is 4.95. The van der Waals surface area contributed by atoms with Gasteiger partial charge in [0.25, 0.3) is 0 Å². The Morgan fingerprint density at radius 1 is 1.20 bits per heavy atom. The van der Waals surface area contributed by atoms with E-state index in [4.69, 9.17) is 23.9 Å². The summed E-state index contributed by atoms with van der Waals surface area (Å²) >= 11 is 1.44. The van der Waals surface area contributed by atoms with Crippen LogP contribution in [-0.2, 0) is 19.1 Å². The van der Waals surface area contributed by atoms with Gasteiger partial charge in [-0.1, -0.05) is 18.7 Å². The van der Waals surface area contributed by atoms with Crippen molar-refractivity contribution >= 4 is 28.8 Å². The molecule has 2 atom stereocenters. The smallest absolute Gasteiger partial charge is 0.338 e. The van der Waals surface area contributed by atoms with Crippen molar-refractivity contribution in [1.29, 1.82) is 0 Å². The van der Waals surface area contributed by atoms with Crippen molar-refractivity contribution in [2.75, 3.05) is 34.5 Å². The molecule has 0 saturated carbocycles. The number of nitrogens with zero attached hydrogens (tertiary/aromatic N) is 2. The van der Waals surface area contributed by atoms with Crippen LogP contribution in [0.2, 0.25) is 0 Å². The Morgan fingerprint density at radius 2 is 1.94 bits per heavy atom. The molecule has 1 N–H and O–H groups in total. The molecule has 3 aliphatic rings. The highest BCUT2D eigenvalue weighted by atomic mass is 32.2. The van der Waals surface area contributed by atoms with Crippen LogP contribution in [-0.4, -0.2) is 62.5 Å². The molecule has 3 aliphatic heterocycles. The molecular weight excluding hydrogens is 470 g/mol. The fourth-order valence-electron chi connectivity index (χ4n) is 4.48. The Morgan fingerprint density at radius 3 is 2.54 bits per heavy atom. The van der Waals surface area contributed by atoms with Crippen LogP contribution in [0.1, 0.15) is 44.2 Å². The first-order valence-electron chi connectivity index (χ1n) is 11.6. The third kappa shape index (κ3) is 5.33. The van der Waals surface area contributed by atoms with E-state index in [9.17, 15) is 9.59 Å². The van der Waals surface area contributed by atoms with E-state index in [2.05, 4.69) is 5.32 Å². The molecule has 1 aromatic carbocycles. The molecule has 0 bridgehead atoms. The molecule has 9 nitrogen and oxygen atoms in total. The van der Waals surface area contributed by atoms with Crippen LogP contribution < -0.4 is 14.8 Å². The first-order chi connectivity index (χ1) is 17.0. The van der Waals surface area contributed by atoms with E-state index in [1.165, 1.54) is 18.9 Å². The van der Waals surface area contributed by atoms with Gasteiger partial charge >= 0.3 is 5.97 Å². The average Bonchev–Trinajstić information content (AvgIpc) is 3.55. The van der Waals surface area contributed by atoms with E-state index in [1.54, 1.807) is 20.3 Å². The Bertz CT molecular complexity index is 1050. The van der Waals surface area contributed by atoms with Crippen molar-refractivity contribution in [3.63, 3.8) is 0 Å². The number of methoxy groups -OCH3 is 3. The number of benzene rings is 1. The van der Waals surface area contributed by atoms with Crippen LogP contribution in [0.3, 0.4) is 0 Å². The second-order valence-electron chi connectivity index (χ2n) is 8.36. The minimum atomic E-state index is -0.555. The second-order valence-corrected chi connectivity index (χ2v) is 9.20. The van der Waals surface area contributed by atoms with Crippen LogP contribution in [0, 0.1) is 0 Å². The van der Waals surface area contributed by atoms with Crippen molar-refractivity contribution in [2.24, 2.45) is 4.99 Å². The van der Waals surface area contributed by atoms with Crippen molar-refractivity contribution in [3.8, 4) is 11.5 Å². The number of thioether (sulfide) groups is 1. The molecule has 188 valence electrons. The molecule has 3 heterocycles. The molecule has 0 radical (unpaired) electrons. The lowest BCUT2D eigenvalue weighted by Crippen LogP contribution is -2.39. The van der Waals surface area contributed by atoms with E-state index in [0.29, 0.717) is 40.9 Å². The van der Waals surface area contributed by atoms with Crippen molar-refractivity contribution in [2.45, 2.75) is 44.8 Å².